The number of aliphatic hydroxyl groups excluding tert-OH is 2. The van der Waals surface area contributed by atoms with Gasteiger partial charge in [-0.1, -0.05) is 59.5 Å². The number of carbonyl (C=O) groups excluding carboxylic acids is 1. The van der Waals surface area contributed by atoms with E-state index in [0.29, 0.717) is 30.1 Å². The Kier molecular flexibility index (Phi) is 6.03. The molecule has 0 aromatic carbocycles. The third-order valence-corrected chi connectivity index (χ3v) is 10.1. The van der Waals surface area contributed by atoms with Crippen LogP contribution < -0.4 is 0 Å². The molecule has 0 bridgehead atoms. The third kappa shape index (κ3) is 3.52. The summed E-state index contributed by atoms with van der Waals surface area (Å²) in [5.41, 5.74) is 1.53. The van der Waals surface area contributed by atoms with Crippen molar-refractivity contribution in [2.45, 2.75) is 105 Å². The van der Waals surface area contributed by atoms with Gasteiger partial charge in [-0.05, 0) is 85.0 Å². The Bertz CT molecular complexity index is 696. The Hall–Kier alpha value is -0.670. The summed E-state index contributed by atoms with van der Waals surface area (Å²) in [7, 11) is 0. The summed E-state index contributed by atoms with van der Waals surface area (Å²) >= 11 is 0. The van der Waals surface area contributed by atoms with Gasteiger partial charge in [-0.2, -0.15) is 0 Å². The van der Waals surface area contributed by atoms with E-state index < -0.39 is 12.2 Å². The molecular formula is C27H44O3. The fourth-order valence-corrected chi connectivity index (χ4v) is 8.42. The number of fused-ring (bicyclic) bond motifs is 5. The van der Waals surface area contributed by atoms with Crippen molar-refractivity contribution in [2.75, 3.05) is 0 Å². The molecule has 0 aromatic heterocycles. The smallest absolute Gasteiger partial charge is 0.159 e. The van der Waals surface area contributed by atoms with Crippen LogP contribution in [0.15, 0.2) is 11.6 Å². The standard InChI is InChI=1S/C27H44O3/c1-16(2)7-6-8-17(3)19-9-10-20-18-13-23(28)22-14-24(29)25(30)15-27(22,5)21(18)11-12-26(19,20)4/h13,16-17,19-22,24-25,29-30H,6-12,14-15H2,1-5H3/t17-,19-,20+,21+,22?,24-,25+,26-,27-/m1/s1. The van der Waals surface area contributed by atoms with E-state index in [-0.39, 0.29) is 17.1 Å². The van der Waals surface area contributed by atoms with Crippen molar-refractivity contribution >= 4 is 5.78 Å². The lowest BCUT2D eigenvalue weighted by Gasteiger charge is -2.57. The Balaban J connectivity index is 1.56. The van der Waals surface area contributed by atoms with Crippen LogP contribution in [0.3, 0.4) is 0 Å². The molecular weight excluding hydrogens is 372 g/mol. The molecule has 0 spiro atoms. The minimum Gasteiger partial charge on any atom is -0.390 e. The quantitative estimate of drug-likeness (QED) is 0.619. The van der Waals surface area contributed by atoms with E-state index in [2.05, 4.69) is 34.6 Å². The van der Waals surface area contributed by atoms with Crippen LogP contribution in [-0.2, 0) is 4.79 Å². The third-order valence-electron chi connectivity index (χ3n) is 10.1. The van der Waals surface area contributed by atoms with Gasteiger partial charge in [0.15, 0.2) is 5.78 Å². The second-order valence-electron chi connectivity index (χ2n) is 12.3. The maximum Gasteiger partial charge on any atom is 0.159 e. The maximum absolute atomic E-state index is 13.2. The molecule has 4 aliphatic carbocycles. The minimum atomic E-state index is -0.751. The number of ketones is 1. The molecule has 30 heavy (non-hydrogen) atoms. The summed E-state index contributed by atoms with van der Waals surface area (Å²) in [6.45, 7) is 11.9. The lowest BCUT2D eigenvalue weighted by atomic mass is 9.47. The van der Waals surface area contributed by atoms with Crippen LogP contribution in [0.25, 0.3) is 0 Å². The Morgan fingerprint density at radius 3 is 2.37 bits per heavy atom. The lowest BCUT2D eigenvalue weighted by Crippen LogP contribution is -2.55. The van der Waals surface area contributed by atoms with Crippen molar-refractivity contribution in [1.82, 2.24) is 0 Å². The zero-order valence-electron chi connectivity index (χ0n) is 19.9. The molecule has 170 valence electrons. The molecule has 4 rings (SSSR count). The van der Waals surface area contributed by atoms with E-state index >= 15 is 0 Å². The van der Waals surface area contributed by atoms with E-state index in [0.717, 1.165) is 24.2 Å². The molecule has 0 aromatic rings. The van der Waals surface area contributed by atoms with Crippen molar-refractivity contribution in [3.63, 3.8) is 0 Å². The first kappa shape index (κ1) is 22.5. The van der Waals surface area contributed by atoms with Gasteiger partial charge in [0.2, 0.25) is 0 Å². The normalized spacial score (nSPS) is 46.8. The molecule has 4 aliphatic rings. The monoisotopic (exact) mass is 416 g/mol. The van der Waals surface area contributed by atoms with Gasteiger partial charge in [0.05, 0.1) is 12.2 Å². The second kappa shape index (κ2) is 8.03. The number of hydrogen-bond acceptors (Lipinski definition) is 3. The first-order chi connectivity index (χ1) is 14.1. The highest BCUT2D eigenvalue weighted by Gasteiger charge is 2.60. The van der Waals surface area contributed by atoms with Crippen LogP contribution >= 0.6 is 0 Å². The Morgan fingerprint density at radius 1 is 0.967 bits per heavy atom. The summed E-state index contributed by atoms with van der Waals surface area (Å²) in [6.07, 6.45) is 10.4. The molecule has 3 saturated carbocycles. The number of rotatable bonds is 5. The minimum absolute atomic E-state index is 0.124. The van der Waals surface area contributed by atoms with Crippen LogP contribution in [0.5, 0.6) is 0 Å². The molecule has 0 heterocycles. The van der Waals surface area contributed by atoms with Crippen molar-refractivity contribution in [3.8, 4) is 0 Å². The van der Waals surface area contributed by atoms with Gasteiger partial charge in [0.25, 0.3) is 0 Å². The first-order valence-corrected chi connectivity index (χ1v) is 12.7. The van der Waals surface area contributed by atoms with Crippen molar-refractivity contribution in [3.05, 3.63) is 11.6 Å². The van der Waals surface area contributed by atoms with Crippen LogP contribution in [0.4, 0.5) is 0 Å². The summed E-state index contributed by atoms with van der Waals surface area (Å²) in [5, 5.41) is 20.7. The predicted octanol–water partition coefficient (Wildman–Crippen LogP) is 5.54. The first-order valence-electron chi connectivity index (χ1n) is 12.7. The maximum atomic E-state index is 13.2. The van der Waals surface area contributed by atoms with E-state index in [1.165, 1.54) is 44.1 Å². The van der Waals surface area contributed by atoms with E-state index in [1.807, 2.05) is 6.08 Å². The van der Waals surface area contributed by atoms with Crippen LogP contribution in [0, 0.1) is 46.3 Å². The van der Waals surface area contributed by atoms with Gasteiger partial charge < -0.3 is 10.2 Å². The molecule has 3 fully saturated rings. The van der Waals surface area contributed by atoms with Crippen LogP contribution in [0.2, 0.25) is 0 Å². The Morgan fingerprint density at radius 2 is 1.67 bits per heavy atom. The highest BCUT2D eigenvalue weighted by molar-refractivity contribution is 5.94. The Labute approximate surface area is 183 Å². The molecule has 3 heteroatoms. The zero-order chi connectivity index (χ0) is 21.8. The summed E-state index contributed by atoms with van der Waals surface area (Å²) in [4.78, 5) is 13.2. The summed E-state index contributed by atoms with van der Waals surface area (Å²) in [5.74, 6) is 3.32. The molecule has 0 amide bonds. The van der Waals surface area contributed by atoms with Gasteiger partial charge in [0, 0.05) is 5.92 Å². The highest BCUT2D eigenvalue weighted by Crippen LogP contribution is 2.66. The molecule has 2 N–H and O–H groups in total. The zero-order valence-corrected chi connectivity index (χ0v) is 19.9. The number of carbonyl (C=O) groups is 1. The number of allylic oxidation sites excluding steroid dienone is 2. The largest absolute Gasteiger partial charge is 0.390 e. The predicted molar refractivity (Wildman–Crippen MR) is 121 cm³/mol. The van der Waals surface area contributed by atoms with Gasteiger partial charge in [0.1, 0.15) is 0 Å². The van der Waals surface area contributed by atoms with Gasteiger partial charge >= 0.3 is 0 Å². The van der Waals surface area contributed by atoms with Gasteiger partial charge in [-0.15, -0.1) is 0 Å². The van der Waals surface area contributed by atoms with Crippen molar-refractivity contribution in [1.29, 1.82) is 0 Å². The van der Waals surface area contributed by atoms with Gasteiger partial charge in [-0.25, -0.2) is 0 Å². The SMILES string of the molecule is CC(C)CCC[C@@H](C)[C@H]1CC[C@H]2C3=CC(=O)C4C[C@@H](O)[C@@H](O)C[C@]4(C)[C@H]3CC[C@]12C. The topological polar surface area (TPSA) is 57.5 Å². The summed E-state index contributed by atoms with van der Waals surface area (Å²) in [6, 6.07) is 0. The average Bonchev–Trinajstić information content (AvgIpc) is 3.01. The number of aliphatic hydroxyl groups is 2. The van der Waals surface area contributed by atoms with Crippen LogP contribution in [-0.4, -0.2) is 28.2 Å². The second-order valence-corrected chi connectivity index (χ2v) is 12.3. The fraction of sp³-hybridized carbons (Fsp3) is 0.889. The van der Waals surface area contributed by atoms with Gasteiger partial charge in [-0.3, -0.25) is 4.79 Å². The highest BCUT2D eigenvalue weighted by atomic mass is 16.3. The lowest BCUT2D eigenvalue weighted by molar-refractivity contribution is -0.143. The molecule has 3 nitrogen and oxygen atoms in total. The van der Waals surface area contributed by atoms with E-state index in [1.54, 1.807) is 0 Å². The molecule has 0 saturated heterocycles. The fourth-order valence-electron chi connectivity index (χ4n) is 8.42. The van der Waals surface area contributed by atoms with E-state index in [4.69, 9.17) is 0 Å². The molecule has 0 aliphatic heterocycles. The summed E-state index contributed by atoms with van der Waals surface area (Å²) < 4.78 is 0. The number of hydrogen-bond donors (Lipinski definition) is 2. The molecule has 9 atom stereocenters. The van der Waals surface area contributed by atoms with Crippen LogP contribution in [0.1, 0.15) is 92.4 Å². The molecule has 0 radical (unpaired) electrons. The van der Waals surface area contributed by atoms with Crippen molar-refractivity contribution < 1.29 is 15.0 Å². The average molecular weight is 417 g/mol. The molecule has 1 unspecified atom stereocenters. The van der Waals surface area contributed by atoms with E-state index in [9.17, 15) is 15.0 Å². The van der Waals surface area contributed by atoms with Crippen molar-refractivity contribution in [2.24, 2.45) is 46.3 Å².